The number of aromatic nitrogens is 3. The summed E-state index contributed by atoms with van der Waals surface area (Å²) in [5, 5.41) is 3.31. The van der Waals surface area contributed by atoms with Gasteiger partial charge in [-0.15, -0.1) is 0 Å². The molecule has 0 aliphatic carbocycles. The van der Waals surface area contributed by atoms with Crippen molar-refractivity contribution in [3.63, 3.8) is 0 Å². The second kappa shape index (κ2) is 8.63. The van der Waals surface area contributed by atoms with Crippen molar-refractivity contribution < 1.29 is 14.2 Å². The van der Waals surface area contributed by atoms with Crippen LogP contribution >= 0.6 is 0 Å². The highest BCUT2D eigenvalue weighted by Gasteiger charge is 2.27. The smallest absolute Gasteiger partial charge is 0.275 e. The molecule has 4 rings (SSSR count). The lowest BCUT2D eigenvalue weighted by Gasteiger charge is -2.35. The Hall–Kier alpha value is -3.00. The molecular formula is C23H30N4O4. The first-order valence-corrected chi connectivity index (χ1v) is 10.6. The number of aryl methyl sites for hydroxylation is 1. The van der Waals surface area contributed by atoms with Gasteiger partial charge in [-0.05, 0) is 50.9 Å². The number of likely N-dealkylation sites (tertiary alicyclic amines) is 1. The lowest BCUT2D eigenvalue weighted by Crippen LogP contribution is -2.33. The van der Waals surface area contributed by atoms with Gasteiger partial charge in [-0.1, -0.05) is 6.42 Å². The van der Waals surface area contributed by atoms with Crippen LogP contribution in [0.5, 0.6) is 17.2 Å². The summed E-state index contributed by atoms with van der Waals surface area (Å²) >= 11 is 0. The van der Waals surface area contributed by atoms with E-state index in [1.54, 1.807) is 25.8 Å². The van der Waals surface area contributed by atoms with Crippen LogP contribution in [0.2, 0.25) is 0 Å². The fourth-order valence-electron chi connectivity index (χ4n) is 4.40. The van der Waals surface area contributed by atoms with E-state index in [1.807, 2.05) is 32.0 Å². The van der Waals surface area contributed by atoms with Gasteiger partial charge in [-0.25, -0.2) is 9.50 Å². The van der Waals surface area contributed by atoms with Gasteiger partial charge in [0.2, 0.25) is 5.75 Å². The first-order valence-electron chi connectivity index (χ1n) is 10.6. The van der Waals surface area contributed by atoms with Crippen LogP contribution in [0.1, 0.15) is 47.8 Å². The van der Waals surface area contributed by atoms with E-state index >= 15 is 0 Å². The molecule has 166 valence electrons. The summed E-state index contributed by atoms with van der Waals surface area (Å²) in [5.41, 5.74) is 4.17. The zero-order valence-corrected chi connectivity index (χ0v) is 18.8. The molecule has 0 radical (unpaired) electrons. The molecule has 1 atom stereocenters. The first kappa shape index (κ1) is 21.2. The van der Waals surface area contributed by atoms with Gasteiger partial charge in [-0.2, -0.15) is 0 Å². The summed E-state index contributed by atoms with van der Waals surface area (Å²) < 4.78 is 18.0. The summed E-state index contributed by atoms with van der Waals surface area (Å²) in [6, 6.07) is 6.18. The second-order valence-corrected chi connectivity index (χ2v) is 8.05. The predicted molar refractivity (Wildman–Crippen MR) is 118 cm³/mol. The Morgan fingerprint density at radius 3 is 2.42 bits per heavy atom. The highest BCUT2D eigenvalue weighted by atomic mass is 16.5. The number of hydrogen-bond donors (Lipinski definition) is 1. The van der Waals surface area contributed by atoms with Gasteiger partial charge >= 0.3 is 0 Å². The van der Waals surface area contributed by atoms with Crippen LogP contribution < -0.4 is 19.8 Å². The van der Waals surface area contributed by atoms with Crippen molar-refractivity contribution in [3.05, 3.63) is 51.1 Å². The summed E-state index contributed by atoms with van der Waals surface area (Å²) in [5.74, 6) is 1.89. The molecule has 8 nitrogen and oxygen atoms in total. The second-order valence-electron chi connectivity index (χ2n) is 8.05. The Morgan fingerprint density at radius 1 is 1.06 bits per heavy atom. The maximum Gasteiger partial charge on any atom is 0.275 e. The molecule has 1 unspecified atom stereocenters. The van der Waals surface area contributed by atoms with Gasteiger partial charge < -0.3 is 14.2 Å². The number of fused-ring (bicyclic) bond motifs is 1. The van der Waals surface area contributed by atoms with Crippen molar-refractivity contribution in [1.29, 1.82) is 0 Å². The highest BCUT2D eigenvalue weighted by molar-refractivity contribution is 5.54. The van der Waals surface area contributed by atoms with Gasteiger partial charge in [-0.3, -0.25) is 14.8 Å². The monoisotopic (exact) mass is 426 g/mol. The quantitative estimate of drug-likeness (QED) is 0.651. The standard InChI is InChI=1S/C23H30N4O4/c1-14-15(2)24-21-12-17(25-27(21)23(14)28)18-8-6-7-9-26(18)13-16-10-19(29-3)22(31-5)20(11-16)30-4/h10-12,18,25H,6-9,13H2,1-5H3. The Balaban J connectivity index is 1.68. The molecule has 1 aromatic carbocycles. The molecule has 3 aromatic rings. The predicted octanol–water partition coefficient (Wildman–Crippen LogP) is 3.39. The van der Waals surface area contributed by atoms with Crippen molar-refractivity contribution in [3.8, 4) is 17.2 Å². The van der Waals surface area contributed by atoms with E-state index < -0.39 is 0 Å². The number of rotatable bonds is 6. The number of H-pyrrole nitrogens is 1. The number of aromatic amines is 1. The lowest BCUT2D eigenvalue weighted by molar-refractivity contribution is 0.136. The number of nitrogens with one attached hydrogen (secondary N) is 1. The van der Waals surface area contributed by atoms with Crippen molar-refractivity contribution in [1.82, 2.24) is 19.5 Å². The number of methoxy groups -OCH3 is 3. The molecule has 1 fully saturated rings. The van der Waals surface area contributed by atoms with E-state index in [9.17, 15) is 4.79 Å². The van der Waals surface area contributed by atoms with Gasteiger partial charge in [0.1, 0.15) is 0 Å². The highest BCUT2D eigenvalue weighted by Crippen LogP contribution is 2.39. The van der Waals surface area contributed by atoms with Crippen LogP contribution in [0, 0.1) is 13.8 Å². The van der Waals surface area contributed by atoms with Crippen molar-refractivity contribution >= 4 is 5.65 Å². The fourth-order valence-corrected chi connectivity index (χ4v) is 4.40. The molecule has 0 amide bonds. The number of nitrogens with zero attached hydrogens (tertiary/aromatic N) is 3. The molecule has 1 saturated heterocycles. The fraction of sp³-hybridized carbons (Fsp3) is 0.478. The van der Waals surface area contributed by atoms with Crippen molar-refractivity contribution in [2.45, 2.75) is 45.7 Å². The molecule has 1 aliphatic heterocycles. The van der Waals surface area contributed by atoms with Gasteiger partial charge in [0.15, 0.2) is 17.1 Å². The Bertz CT molecular complexity index is 1130. The maximum absolute atomic E-state index is 12.7. The van der Waals surface area contributed by atoms with E-state index in [2.05, 4.69) is 15.0 Å². The zero-order valence-electron chi connectivity index (χ0n) is 18.8. The Morgan fingerprint density at radius 2 is 1.77 bits per heavy atom. The number of piperidine rings is 1. The van der Waals surface area contributed by atoms with Crippen molar-refractivity contribution in [2.24, 2.45) is 0 Å². The third-order valence-corrected chi connectivity index (χ3v) is 6.19. The molecule has 3 heterocycles. The van der Waals surface area contributed by atoms with Gasteiger partial charge in [0, 0.05) is 23.9 Å². The average molecular weight is 427 g/mol. The minimum absolute atomic E-state index is 0.0410. The largest absolute Gasteiger partial charge is 0.493 e. The summed E-state index contributed by atoms with van der Waals surface area (Å²) in [7, 11) is 4.87. The Labute approximate surface area is 181 Å². The average Bonchev–Trinajstić information content (AvgIpc) is 3.21. The molecule has 1 N–H and O–H groups in total. The molecule has 0 spiro atoms. The molecule has 2 aromatic heterocycles. The maximum atomic E-state index is 12.7. The Kier molecular flexibility index (Phi) is 5.91. The third kappa shape index (κ3) is 3.87. The molecule has 1 aliphatic rings. The van der Waals surface area contributed by atoms with Crippen LogP contribution in [0.15, 0.2) is 23.0 Å². The van der Waals surface area contributed by atoms with Crippen LogP contribution in [0.3, 0.4) is 0 Å². The summed E-state index contributed by atoms with van der Waals surface area (Å²) in [4.78, 5) is 19.7. The van der Waals surface area contributed by atoms with E-state index in [1.165, 1.54) is 0 Å². The number of benzene rings is 1. The minimum atomic E-state index is -0.0410. The number of hydrogen-bond acceptors (Lipinski definition) is 6. The van der Waals surface area contributed by atoms with Crippen molar-refractivity contribution in [2.75, 3.05) is 27.9 Å². The van der Waals surface area contributed by atoms with Gasteiger partial charge in [0.05, 0.1) is 33.1 Å². The van der Waals surface area contributed by atoms with Crippen LogP contribution in [0.25, 0.3) is 5.65 Å². The molecule has 0 bridgehead atoms. The van der Waals surface area contributed by atoms with E-state index in [0.29, 0.717) is 28.5 Å². The summed E-state index contributed by atoms with van der Waals surface area (Å²) in [6.07, 6.45) is 3.30. The molecule has 0 saturated carbocycles. The van der Waals surface area contributed by atoms with Crippen LogP contribution in [0.4, 0.5) is 0 Å². The van der Waals surface area contributed by atoms with E-state index in [4.69, 9.17) is 14.2 Å². The molecule has 31 heavy (non-hydrogen) atoms. The van der Waals surface area contributed by atoms with Crippen LogP contribution in [-0.2, 0) is 6.54 Å². The molecule has 8 heteroatoms. The van der Waals surface area contributed by atoms with E-state index in [0.717, 1.165) is 49.3 Å². The lowest BCUT2D eigenvalue weighted by atomic mass is 9.98. The third-order valence-electron chi connectivity index (χ3n) is 6.19. The zero-order chi connectivity index (χ0) is 22.1. The SMILES string of the molecule is COc1cc(CN2CCCCC2c2cc3nc(C)c(C)c(=O)n3[nH]2)cc(OC)c1OC. The normalized spacial score (nSPS) is 17.1. The minimum Gasteiger partial charge on any atom is -0.493 e. The van der Waals surface area contributed by atoms with E-state index in [-0.39, 0.29) is 11.6 Å². The topological polar surface area (TPSA) is 81.1 Å². The summed E-state index contributed by atoms with van der Waals surface area (Å²) in [6.45, 7) is 5.39. The number of ether oxygens (including phenoxy) is 3. The molecular weight excluding hydrogens is 396 g/mol. The van der Waals surface area contributed by atoms with Gasteiger partial charge in [0.25, 0.3) is 5.56 Å². The van der Waals surface area contributed by atoms with Crippen LogP contribution in [-0.4, -0.2) is 47.4 Å². The first-order chi connectivity index (χ1) is 15.0.